The van der Waals surface area contributed by atoms with Gasteiger partial charge in [-0.15, -0.1) is 0 Å². The maximum Gasteiger partial charge on any atom is 0.0686 e. The Bertz CT molecular complexity index is 596. The molecule has 3 heteroatoms. The van der Waals surface area contributed by atoms with Crippen molar-refractivity contribution in [2.75, 3.05) is 0 Å². The van der Waals surface area contributed by atoms with Crippen LogP contribution in [0.3, 0.4) is 0 Å². The molecule has 0 aliphatic carbocycles. The van der Waals surface area contributed by atoms with Crippen LogP contribution in [0.1, 0.15) is 60.9 Å². The van der Waals surface area contributed by atoms with E-state index in [2.05, 4.69) is 63.6 Å². The fraction of sp³-hybridized carbons (Fsp3) is 0.500. The van der Waals surface area contributed by atoms with Gasteiger partial charge in [0.25, 0.3) is 0 Å². The average Bonchev–Trinajstić information content (AvgIpc) is 2.80. The zero-order valence-electron chi connectivity index (χ0n) is 13.9. The SMILES string of the molecule is CCc1ccc(C(N)C(C)n2nc(C)c(CC)c2C)cc1. The molecule has 0 bridgehead atoms. The van der Waals surface area contributed by atoms with E-state index in [0.29, 0.717) is 0 Å². The van der Waals surface area contributed by atoms with Crippen molar-refractivity contribution in [3.8, 4) is 0 Å². The lowest BCUT2D eigenvalue weighted by Crippen LogP contribution is -2.24. The Kier molecular flexibility index (Phi) is 4.84. The first kappa shape index (κ1) is 15.8. The molecule has 0 spiro atoms. The molecule has 2 aromatic rings. The van der Waals surface area contributed by atoms with Gasteiger partial charge in [-0.25, -0.2) is 0 Å². The van der Waals surface area contributed by atoms with Crippen molar-refractivity contribution in [3.63, 3.8) is 0 Å². The minimum absolute atomic E-state index is 0.0430. The molecular formula is C18H27N3. The first-order valence-electron chi connectivity index (χ1n) is 7.88. The highest BCUT2D eigenvalue weighted by atomic mass is 15.3. The van der Waals surface area contributed by atoms with Crippen LogP contribution in [-0.4, -0.2) is 9.78 Å². The molecule has 2 N–H and O–H groups in total. The van der Waals surface area contributed by atoms with Gasteiger partial charge < -0.3 is 5.73 Å². The lowest BCUT2D eigenvalue weighted by Gasteiger charge is -2.22. The van der Waals surface area contributed by atoms with Crippen LogP contribution >= 0.6 is 0 Å². The summed E-state index contributed by atoms with van der Waals surface area (Å²) >= 11 is 0. The van der Waals surface area contributed by atoms with Crippen LogP contribution in [0, 0.1) is 13.8 Å². The molecule has 0 fully saturated rings. The monoisotopic (exact) mass is 285 g/mol. The highest BCUT2D eigenvalue weighted by Crippen LogP contribution is 2.27. The van der Waals surface area contributed by atoms with Crippen molar-refractivity contribution >= 4 is 0 Å². The molecule has 1 heterocycles. The van der Waals surface area contributed by atoms with Gasteiger partial charge in [0, 0.05) is 5.69 Å². The van der Waals surface area contributed by atoms with Gasteiger partial charge in [-0.05, 0) is 50.3 Å². The molecule has 2 rings (SSSR count). The predicted molar refractivity (Wildman–Crippen MR) is 88.5 cm³/mol. The third-order valence-electron chi connectivity index (χ3n) is 4.51. The van der Waals surface area contributed by atoms with Crippen LogP contribution in [-0.2, 0) is 12.8 Å². The topological polar surface area (TPSA) is 43.8 Å². The number of nitrogens with zero attached hydrogens (tertiary/aromatic N) is 2. The average molecular weight is 285 g/mol. The molecule has 0 aliphatic heterocycles. The lowest BCUT2D eigenvalue weighted by molar-refractivity contribution is 0.405. The second kappa shape index (κ2) is 6.44. The number of hydrogen-bond acceptors (Lipinski definition) is 2. The highest BCUT2D eigenvalue weighted by molar-refractivity contribution is 5.28. The third-order valence-corrected chi connectivity index (χ3v) is 4.51. The van der Waals surface area contributed by atoms with E-state index in [1.54, 1.807) is 0 Å². The number of hydrogen-bond donors (Lipinski definition) is 1. The first-order chi connectivity index (χ1) is 9.99. The van der Waals surface area contributed by atoms with Gasteiger partial charge in [0.05, 0.1) is 17.8 Å². The van der Waals surface area contributed by atoms with Crippen LogP contribution in [0.5, 0.6) is 0 Å². The zero-order valence-corrected chi connectivity index (χ0v) is 13.9. The molecule has 21 heavy (non-hydrogen) atoms. The van der Waals surface area contributed by atoms with Crippen LogP contribution in [0.15, 0.2) is 24.3 Å². The highest BCUT2D eigenvalue weighted by Gasteiger charge is 2.21. The van der Waals surface area contributed by atoms with Crippen LogP contribution < -0.4 is 5.73 Å². The minimum Gasteiger partial charge on any atom is -0.322 e. The summed E-state index contributed by atoms with van der Waals surface area (Å²) in [6.07, 6.45) is 2.08. The fourth-order valence-electron chi connectivity index (χ4n) is 3.01. The maximum atomic E-state index is 6.47. The molecule has 0 amide bonds. The fourth-order valence-corrected chi connectivity index (χ4v) is 3.01. The summed E-state index contributed by atoms with van der Waals surface area (Å²) in [5, 5.41) is 4.70. The normalized spacial score (nSPS) is 14.2. The summed E-state index contributed by atoms with van der Waals surface area (Å²) in [4.78, 5) is 0. The third kappa shape index (κ3) is 3.03. The van der Waals surface area contributed by atoms with Crippen molar-refractivity contribution < 1.29 is 0 Å². The molecule has 2 unspecified atom stereocenters. The van der Waals surface area contributed by atoms with Crippen LogP contribution in [0.2, 0.25) is 0 Å². The van der Waals surface area contributed by atoms with E-state index < -0.39 is 0 Å². The van der Waals surface area contributed by atoms with Crippen molar-refractivity contribution in [1.29, 1.82) is 0 Å². The van der Waals surface area contributed by atoms with Gasteiger partial charge in [0.15, 0.2) is 0 Å². The van der Waals surface area contributed by atoms with E-state index >= 15 is 0 Å². The Balaban J connectivity index is 2.27. The lowest BCUT2D eigenvalue weighted by atomic mass is 9.99. The molecule has 1 aromatic heterocycles. The van der Waals surface area contributed by atoms with Gasteiger partial charge in [0.1, 0.15) is 0 Å². The standard InChI is InChI=1S/C18H27N3/c1-6-15-8-10-16(11-9-15)18(19)14(5)21-13(4)17(7-2)12(3)20-21/h8-11,14,18H,6-7,19H2,1-5H3. The number of benzene rings is 1. The predicted octanol–water partition coefficient (Wildman–Crippen LogP) is 3.89. The Labute approximate surface area is 128 Å². The van der Waals surface area contributed by atoms with Crippen LogP contribution in [0.4, 0.5) is 0 Å². The molecule has 3 nitrogen and oxygen atoms in total. The van der Waals surface area contributed by atoms with Gasteiger partial charge in [-0.2, -0.15) is 5.10 Å². The number of nitrogens with two attached hydrogens (primary N) is 1. The van der Waals surface area contributed by atoms with Gasteiger partial charge in [-0.3, -0.25) is 4.68 Å². The Morgan fingerprint density at radius 1 is 1.10 bits per heavy atom. The molecule has 0 radical (unpaired) electrons. The molecule has 114 valence electrons. The summed E-state index contributed by atoms with van der Waals surface area (Å²) in [5.41, 5.74) is 12.7. The summed E-state index contributed by atoms with van der Waals surface area (Å²) in [7, 11) is 0. The van der Waals surface area contributed by atoms with E-state index in [1.807, 2.05) is 0 Å². The van der Waals surface area contributed by atoms with Crippen molar-refractivity contribution in [2.45, 2.75) is 59.5 Å². The smallest absolute Gasteiger partial charge is 0.0686 e. The molecule has 0 saturated carbocycles. The summed E-state index contributed by atoms with van der Waals surface area (Å²) in [6, 6.07) is 8.73. The summed E-state index contributed by atoms with van der Waals surface area (Å²) in [5.74, 6) is 0. The largest absolute Gasteiger partial charge is 0.322 e. The van der Waals surface area contributed by atoms with E-state index in [1.165, 1.54) is 22.4 Å². The maximum absolute atomic E-state index is 6.47. The van der Waals surface area contributed by atoms with E-state index in [0.717, 1.165) is 18.5 Å². The van der Waals surface area contributed by atoms with Crippen molar-refractivity contribution in [2.24, 2.45) is 5.73 Å². The van der Waals surface area contributed by atoms with E-state index in [9.17, 15) is 0 Å². The second-order valence-electron chi connectivity index (χ2n) is 5.81. The Morgan fingerprint density at radius 3 is 2.19 bits per heavy atom. The number of aromatic nitrogens is 2. The zero-order chi connectivity index (χ0) is 15.6. The number of aryl methyl sites for hydroxylation is 2. The minimum atomic E-state index is -0.0430. The van der Waals surface area contributed by atoms with E-state index in [4.69, 9.17) is 10.8 Å². The quantitative estimate of drug-likeness (QED) is 0.906. The van der Waals surface area contributed by atoms with E-state index in [-0.39, 0.29) is 12.1 Å². The second-order valence-corrected chi connectivity index (χ2v) is 5.81. The van der Waals surface area contributed by atoms with Gasteiger partial charge in [0.2, 0.25) is 0 Å². The summed E-state index contributed by atoms with van der Waals surface area (Å²) < 4.78 is 2.09. The molecule has 0 saturated heterocycles. The van der Waals surface area contributed by atoms with Gasteiger partial charge in [-0.1, -0.05) is 38.1 Å². The molecule has 0 aliphatic rings. The molecular weight excluding hydrogens is 258 g/mol. The van der Waals surface area contributed by atoms with Crippen molar-refractivity contribution in [3.05, 3.63) is 52.3 Å². The van der Waals surface area contributed by atoms with Gasteiger partial charge >= 0.3 is 0 Å². The number of rotatable bonds is 5. The Hall–Kier alpha value is -1.61. The van der Waals surface area contributed by atoms with Crippen LogP contribution in [0.25, 0.3) is 0 Å². The van der Waals surface area contributed by atoms with Crippen molar-refractivity contribution in [1.82, 2.24) is 9.78 Å². The first-order valence-corrected chi connectivity index (χ1v) is 7.88. The summed E-state index contributed by atoms with van der Waals surface area (Å²) in [6.45, 7) is 10.7. The molecule has 2 atom stereocenters. The Morgan fingerprint density at radius 2 is 1.71 bits per heavy atom. The molecule has 1 aromatic carbocycles.